The van der Waals surface area contributed by atoms with Crippen LogP contribution in [0.15, 0.2) is 36.4 Å². The van der Waals surface area contributed by atoms with E-state index in [2.05, 4.69) is 6.08 Å². The van der Waals surface area contributed by atoms with Crippen LogP contribution in [-0.4, -0.2) is 31.3 Å². The predicted octanol–water partition coefficient (Wildman–Crippen LogP) is 4.19. The molecule has 0 aliphatic carbocycles. The number of allylic oxidation sites excluding steroid dienone is 2. The van der Waals surface area contributed by atoms with Gasteiger partial charge < -0.3 is 14.2 Å². The molecule has 1 aromatic rings. The van der Waals surface area contributed by atoms with Crippen molar-refractivity contribution in [3.8, 4) is 0 Å². The lowest BCUT2D eigenvalue weighted by molar-refractivity contribution is -0.318. The molecule has 0 saturated carbocycles. The zero-order valence-corrected chi connectivity index (χ0v) is 14.3. The highest BCUT2D eigenvalue weighted by molar-refractivity contribution is 5.89. The van der Waals surface area contributed by atoms with E-state index >= 15 is 0 Å². The lowest BCUT2D eigenvalue weighted by atomic mass is 10.0. The van der Waals surface area contributed by atoms with Crippen molar-refractivity contribution in [1.29, 1.82) is 0 Å². The van der Waals surface area contributed by atoms with Crippen LogP contribution in [-0.2, 0) is 20.6 Å². The van der Waals surface area contributed by atoms with Gasteiger partial charge in [0.25, 0.3) is 0 Å². The van der Waals surface area contributed by atoms with Crippen LogP contribution >= 0.6 is 0 Å². The van der Waals surface area contributed by atoms with Gasteiger partial charge in [0.2, 0.25) is 0 Å². The van der Waals surface area contributed by atoms with Gasteiger partial charge in [0.15, 0.2) is 5.67 Å². The van der Waals surface area contributed by atoms with E-state index in [0.717, 1.165) is 18.4 Å². The fourth-order valence-corrected chi connectivity index (χ4v) is 2.56. The quantitative estimate of drug-likeness (QED) is 0.553. The van der Waals surface area contributed by atoms with Crippen molar-refractivity contribution in [3.63, 3.8) is 0 Å². The van der Waals surface area contributed by atoms with E-state index in [1.165, 1.54) is 0 Å². The Kier molecular flexibility index (Phi) is 6.94. The number of benzene rings is 1. The summed E-state index contributed by atoms with van der Waals surface area (Å²) in [6.07, 6.45) is 7.07. The van der Waals surface area contributed by atoms with Crippen molar-refractivity contribution >= 4 is 5.97 Å². The van der Waals surface area contributed by atoms with Crippen molar-refractivity contribution in [2.45, 2.75) is 51.7 Å². The Morgan fingerprint density at radius 1 is 1.33 bits per heavy atom. The molecule has 132 valence electrons. The van der Waals surface area contributed by atoms with E-state index in [1.54, 1.807) is 12.1 Å². The van der Waals surface area contributed by atoms with E-state index < -0.39 is 18.1 Å². The molecule has 0 radical (unpaired) electrons. The van der Waals surface area contributed by atoms with Crippen molar-refractivity contribution < 1.29 is 23.4 Å². The molecule has 2 rings (SSSR count). The molecule has 1 aliphatic heterocycles. The molecule has 0 amide bonds. The zero-order valence-electron chi connectivity index (χ0n) is 14.3. The summed E-state index contributed by atoms with van der Waals surface area (Å²) in [5.41, 5.74) is 0.0749. The third kappa shape index (κ3) is 5.42. The molecule has 0 spiro atoms. The molecule has 1 saturated heterocycles. The molecule has 0 atom stereocenters. The summed E-state index contributed by atoms with van der Waals surface area (Å²) in [4.78, 5) is 12.1. The van der Waals surface area contributed by atoms with Crippen molar-refractivity contribution in [2.75, 3.05) is 13.2 Å². The average Bonchev–Trinajstić information content (AvgIpc) is 2.58. The lowest BCUT2D eigenvalue weighted by Crippen LogP contribution is -2.45. The molecular formula is C19H25FO4. The van der Waals surface area contributed by atoms with Crippen molar-refractivity contribution in [2.24, 2.45) is 0 Å². The maximum absolute atomic E-state index is 14.2. The zero-order chi connectivity index (χ0) is 17.4. The number of esters is 1. The normalized spacial score (nSPS) is 24.2. The highest BCUT2D eigenvalue weighted by atomic mass is 19.1. The fourth-order valence-electron chi connectivity index (χ4n) is 2.56. The smallest absolute Gasteiger partial charge is 0.342 e. The van der Waals surface area contributed by atoms with Crippen LogP contribution in [0.5, 0.6) is 0 Å². The molecule has 4 nitrogen and oxygen atoms in total. The fraction of sp³-hybridized carbons (Fsp3) is 0.526. The van der Waals surface area contributed by atoms with E-state index in [9.17, 15) is 9.18 Å². The number of halogens is 1. The van der Waals surface area contributed by atoms with Gasteiger partial charge in [0.05, 0.1) is 18.8 Å². The summed E-state index contributed by atoms with van der Waals surface area (Å²) < 4.78 is 29.7. The van der Waals surface area contributed by atoms with E-state index in [-0.39, 0.29) is 13.2 Å². The molecule has 0 aromatic heterocycles. The number of alkyl halides is 1. The van der Waals surface area contributed by atoms with Gasteiger partial charge >= 0.3 is 12.4 Å². The average molecular weight is 336 g/mol. The van der Waals surface area contributed by atoms with Gasteiger partial charge in [0, 0.05) is 0 Å². The van der Waals surface area contributed by atoms with Gasteiger partial charge in [-0.05, 0) is 43.9 Å². The molecule has 1 heterocycles. The predicted molar refractivity (Wildman–Crippen MR) is 89.4 cm³/mol. The molecule has 5 heteroatoms. The van der Waals surface area contributed by atoms with Crippen LogP contribution in [0.1, 0.15) is 49.0 Å². The summed E-state index contributed by atoms with van der Waals surface area (Å²) in [6.45, 7) is 2.50. The second kappa shape index (κ2) is 8.94. The minimum atomic E-state index is -1.49. The van der Waals surface area contributed by atoms with Crippen LogP contribution in [0, 0.1) is 0 Å². The molecule has 1 aromatic carbocycles. The number of hydrogen-bond donors (Lipinski definition) is 0. The van der Waals surface area contributed by atoms with Crippen LogP contribution in [0.2, 0.25) is 0 Å². The standard InChI is InChI=1S/C19H25FO4/c1-3-5-6-7-15-8-10-16(11-9-15)17(21)24-18-22-13-19(20,12-4-2)14-23-18/h3,5,8-11,18H,4,6-7,12-14H2,1-2H3/b5-3+. The second-order valence-corrected chi connectivity index (χ2v) is 6.02. The second-order valence-electron chi connectivity index (χ2n) is 6.02. The summed E-state index contributed by atoms with van der Waals surface area (Å²) in [5.74, 6) is -0.540. The summed E-state index contributed by atoms with van der Waals surface area (Å²) in [6, 6.07) is 7.23. The van der Waals surface area contributed by atoms with Crippen LogP contribution in [0.25, 0.3) is 0 Å². The molecule has 24 heavy (non-hydrogen) atoms. The minimum Gasteiger partial charge on any atom is -0.407 e. The number of rotatable bonds is 7. The van der Waals surface area contributed by atoms with Crippen molar-refractivity contribution in [1.82, 2.24) is 0 Å². The number of aryl methyl sites for hydroxylation is 1. The molecule has 1 fully saturated rings. The Balaban J connectivity index is 1.82. The Bertz CT molecular complexity index is 545. The third-order valence-electron chi connectivity index (χ3n) is 3.88. The molecule has 0 unspecified atom stereocenters. The molecular weight excluding hydrogens is 311 g/mol. The topological polar surface area (TPSA) is 44.8 Å². The largest absolute Gasteiger partial charge is 0.407 e. The first-order chi connectivity index (χ1) is 11.6. The Morgan fingerprint density at radius 3 is 2.58 bits per heavy atom. The van der Waals surface area contributed by atoms with Crippen molar-refractivity contribution in [3.05, 3.63) is 47.5 Å². The summed E-state index contributed by atoms with van der Waals surface area (Å²) >= 11 is 0. The van der Waals surface area contributed by atoms with E-state index in [1.807, 2.05) is 32.1 Å². The first-order valence-corrected chi connectivity index (χ1v) is 8.39. The monoisotopic (exact) mass is 336 g/mol. The maximum Gasteiger partial charge on any atom is 0.342 e. The van der Waals surface area contributed by atoms with Gasteiger partial charge in [-0.2, -0.15) is 0 Å². The summed E-state index contributed by atoms with van der Waals surface area (Å²) in [7, 11) is 0. The van der Waals surface area contributed by atoms with Crippen LogP contribution in [0.4, 0.5) is 4.39 Å². The SMILES string of the molecule is C/C=C/CCc1ccc(C(=O)OC2OCC(F)(CCC)CO2)cc1. The number of carbonyl (C=O) groups is 1. The number of hydrogen-bond acceptors (Lipinski definition) is 4. The molecule has 0 bridgehead atoms. The third-order valence-corrected chi connectivity index (χ3v) is 3.88. The van der Waals surface area contributed by atoms with Gasteiger partial charge in [-0.3, -0.25) is 0 Å². The van der Waals surface area contributed by atoms with Crippen LogP contribution < -0.4 is 0 Å². The number of carbonyl (C=O) groups excluding carboxylic acids is 1. The highest BCUT2D eigenvalue weighted by Gasteiger charge is 2.37. The van der Waals surface area contributed by atoms with Gasteiger partial charge in [0.1, 0.15) is 0 Å². The van der Waals surface area contributed by atoms with Gasteiger partial charge in [-0.1, -0.05) is 37.6 Å². The van der Waals surface area contributed by atoms with Gasteiger partial charge in [-0.15, -0.1) is 0 Å². The van der Waals surface area contributed by atoms with Gasteiger partial charge in [-0.25, -0.2) is 9.18 Å². The van der Waals surface area contributed by atoms with E-state index in [0.29, 0.717) is 18.4 Å². The molecule has 1 aliphatic rings. The Morgan fingerprint density at radius 2 is 2.00 bits per heavy atom. The minimum absolute atomic E-state index is 0.122. The Labute approximate surface area is 142 Å². The molecule has 0 N–H and O–H groups in total. The Hall–Kier alpha value is -1.72. The maximum atomic E-state index is 14.2. The first-order valence-electron chi connectivity index (χ1n) is 8.39. The summed E-state index contributed by atoms with van der Waals surface area (Å²) in [5, 5.41) is 0. The lowest BCUT2D eigenvalue weighted by Gasteiger charge is -2.33. The van der Waals surface area contributed by atoms with E-state index in [4.69, 9.17) is 14.2 Å². The number of ether oxygens (including phenoxy) is 3. The van der Waals surface area contributed by atoms with Crippen LogP contribution in [0.3, 0.4) is 0 Å². The highest BCUT2D eigenvalue weighted by Crippen LogP contribution is 2.25. The first kappa shape index (κ1) is 18.6.